The molecule has 7 heteroatoms. The third kappa shape index (κ3) is 5.20. The van der Waals surface area contributed by atoms with E-state index < -0.39 is 10.0 Å². The Morgan fingerprint density at radius 3 is 2.31 bits per heavy atom. The molecular weight excluding hydrogens is 350 g/mol. The number of amides is 1. The highest BCUT2D eigenvalue weighted by Crippen LogP contribution is 2.29. The van der Waals surface area contributed by atoms with Crippen LogP contribution < -0.4 is 10.2 Å². The Labute approximate surface area is 156 Å². The van der Waals surface area contributed by atoms with Crippen molar-refractivity contribution < 1.29 is 13.2 Å². The van der Waals surface area contributed by atoms with Crippen molar-refractivity contribution in [3.63, 3.8) is 0 Å². The first-order valence-corrected chi connectivity index (χ1v) is 11.3. The molecule has 2 fully saturated rings. The van der Waals surface area contributed by atoms with Gasteiger partial charge in [0.1, 0.15) is 0 Å². The van der Waals surface area contributed by atoms with Crippen molar-refractivity contribution in [1.82, 2.24) is 4.31 Å². The van der Waals surface area contributed by atoms with E-state index in [9.17, 15) is 13.2 Å². The number of nitrogens with one attached hydrogen (secondary N) is 1. The molecule has 0 spiro atoms. The SMILES string of the molecule is CC1CCN(c2ccc(NC(=O)CCN(C3CC3)S(C)(=O)=O)cc2)CC1. The van der Waals surface area contributed by atoms with Crippen molar-refractivity contribution in [1.29, 1.82) is 0 Å². The van der Waals surface area contributed by atoms with Gasteiger partial charge in [-0.15, -0.1) is 0 Å². The second-order valence-electron chi connectivity index (χ2n) is 7.62. The molecule has 1 aliphatic carbocycles. The number of sulfonamides is 1. The first kappa shape index (κ1) is 19.2. The van der Waals surface area contributed by atoms with Crippen LogP contribution in [0.2, 0.25) is 0 Å². The maximum atomic E-state index is 12.2. The maximum absolute atomic E-state index is 12.2. The number of rotatable bonds is 7. The molecule has 0 radical (unpaired) electrons. The average Bonchev–Trinajstić information content (AvgIpc) is 3.40. The third-order valence-corrected chi connectivity index (χ3v) is 6.57. The topological polar surface area (TPSA) is 69.7 Å². The van der Waals surface area contributed by atoms with E-state index in [1.807, 2.05) is 24.3 Å². The van der Waals surface area contributed by atoms with Gasteiger partial charge in [-0.25, -0.2) is 8.42 Å². The van der Waals surface area contributed by atoms with Gasteiger partial charge in [0.2, 0.25) is 15.9 Å². The molecule has 1 aliphatic heterocycles. The number of anilines is 2. The van der Waals surface area contributed by atoms with Crippen LogP contribution in [0, 0.1) is 5.92 Å². The van der Waals surface area contributed by atoms with Gasteiger partial charge in [-0.2, -0.15) is 4.31 Å². The Bertz CT molecular complexity index is 721. The van der Waals surface area contributed by atoms with Crippen LogP contribution in [0.5, 0.6) is 0 Å². The van der Waals surface area contributed by atoms with Crippen LogP contribution >= 0.6 is 0 Å². The lowest BCUT2D eigenvalue weighted by molar-refractivity contribution is -0.116. The summed E-state index contributed by atoms with van der Waals surface area (Å²) in [6, 6.07) is 8.00. The summed E-state index contributed by atoms with van der Waals surface area (Å²) in [5.74, 6) is 0.644. The zero-order valence-electron chi connectivity index (χ0n) is 15.6. The predicted molar refractivity (Wildman–Crippen MR) is 105 cm³/mol. The predicted octanol–water partition coefficient (Wildman–Crippen LogP) is 2.68. The largest absolute Gasteiger partial charge is 0.372 e. The molecule has 1 saturated heterocycles. The summed E-state index contributed by atoms with van der Waals surface area (Å²) in [5.41, 5.74) is 1.94. The first-order chi connectivity index (χ1) is 12.3. The van der Waals surface area contributed by atoms with Gasteiger partial charge in [-0.05, 0) is 55.9 Å². The van der Waals surface area contributed by atoms with Crippen LogP contribution in [0.4, 0.5) is 11.4 Å². The molecule has 1 N–H and O–H groups in total. The molecule has 1 heterocycles. The Balaban J connectivity index is 1.50. The second kappa shape index (κ2) is 7.96. The van der Waals surface area contributed by atoms with Crippen molar-refractivity contribution >= 4 is 27.3 Å². The fourth-order valence-electron chi connectivity index (χ4n) is 3.44. The van der Waals surface area contributed by atoms with Crippen molar-refractivity contribution in [2.75, 3.05) is 36.1 Å². The fourth-order valence-corrected chi connectivity index (χ4v) is 4.61. The molecule has 1 aromatic carbocycles. The van der Waals surface area contributed by atoms with Crippen LogP contribution in [0.1, 0.15) is 39.0 Å². The summed E-state index contributed by atoms with van der Waals surface area (Å²) in [7, 11) is -3.24. The highest BCUT2D eigenvalue weighted by Gasteiger charge is 2.34. The molecule has 1 amide bonds. The van der Waals surface area contributed by atoms with Crippen LogP contribution in [-0.4, -0.2) is 50.6 Å². The molecule has 0 unspecified atom stereocenters. The van der Waals surface area contributed by atoms with E-state index in [0.29, 0.717) is 0 Å². The van der Waals surface area contributed by atoms with Gasteiger partial charge in [-0.3, -0.25) is 4.79 Å². The van der Waals surface area contributed by atoms with Crippen molar-refractivity contribution in [3.8, 4) is 0 Å². The average molecular weight is 380 g/mol. The fraction of sp³-hybridized carbons (Fsp3) is 0.632. The Kier molecular flexibility index (Phi) is 5.87. The Morgan fingerprint density at radius 1 is 1.15 bits per heavy atom. The van der Waals surface area contributed by atoms with Gasteiger partial charge in [0.15, 0.2) is 0 Å². The zero-order chi connectivity index (χ0) is 18.7. The molecule has 1 aromatic rings. The monoisotopic (exact) mass is 379 g/mol. The standard InChI is InChI=1S/C19H29N3O3S/c1-15-9-12-21(13-10-15)17-5-3-16(4-6-17)20-19(23)11-14-22(18-7-8-18)26(2,24)25/h3-6,15,18H,7-14H2,1-2H3,(H,20,23). The molecule has 1 saturated carbocycles. The van der Waals surface area contributed by atoms with E-state index >= 15 is 0 Å². The molecule has 3 rings (SSSR count). The minimum absolute atomic E-state index is 0.0874. The lowest BCUT2D eigenvalue weighted by Crippen LogP contribution is -2.34. The number of carbonyl (C=O) groups excluding carboxylic acids is 1. The summed E-state index contributed by atoms with van der Waals surface area (Å²) in [6.45, 7) is 4.70. The molecule has 2 aliphatic rings. The van der Waals surface area contributed by atoms with Gasteiger partial charge in [0.25, 0.3) is 0 Å². The minimum atomic E-state index is -3.24. The lowest BCUT2D eigenvalue weighted by Gasteiger charge is -2.32. The summed E-state index contributed by atoms with van der Waals surface area (Å²) < 4.78 is 25.0. The molecule has 0 atom stereocenters. The van der Waals surface area contributed by atoms with Crippen molar-refractivity contribution in [2.24, 2.45) is 5.92 Å². The molecule has 6 nitrogen and oxygen atoms in total. The van der Waals surface area contributed by atoms with Crippen LogP contribution in [0.3, 0.4) is 0 Å². The van der Waals surface area contributed by atoms with Crippen molar-refractivity contribution in [3.05, 3.63) is 24.3 Å². The molecule has 0 bridgehead atoms. The van der Waals surface area contributed by atoms with Crippen LogP contribution in [-0.2, 0) is 14.8 Å². The van der Waals surface area contributed by atoms with Crippen LogP contribution in [0.25, 0.3) is 0 Å². The van der Waals surface area contributed by atoms with Gasteiger partial charge in [0, 0.05) is 43.5 Å². The quantitative estimate of drug-likeness (QED) is 0.791. The van der Waals surface area contributed by atoms with E-state index in [1.165, 1.54) is 29.1 Å². The number of carbonyl (C=O) groups is 1. The van der Waals surface area contributed by atoms with E-state index in [-0.39, 0.29) is 24.9 Å². The zero-order valence-corrected chi connectivity index (χ0v) is 16.5. The van der Waals surface area contributed by atoms with E-state index in [2.05, 4.69) is 17.1 Å². The van der Waals surface area contributed by atoms with Gasteiger partial charge in [-0.1, -0.05) is 6.92 Å². The highest BCUT2D eigenvalue weighted by molar-refractivity contribution is 7.88. The summed E-state index contributed by atoms with van der Waals surface area (Å²) in [5, 5.41) is 2.87. The molecule has 26 heavy (non-hydrogen) atoms. The number of hydrogen-bond donors (Lipinski definition) is 1. The number of piperidine rings is 1. The minimum Gasteiger partial charge on any atom is -0.372 e. The number of hydrogen-bond acceptors (Lipinski definition) is 4. The Hall–Kier alpha value is -1.60. The number of nitrogens with zero attached hydrogens (tertiary/aromatic N) is 2. The normalized spacial score (nSPS) is 19.0. The maximum Gasteiger partial charge on any atom is 0.225 e. The van der Waals surface area contributed by atoms with Gasteiger partial charge in [0.05, 0.1) is 6.26 Å². The molecule has 0 aromatic heterocycles. The van der Waals surface area contributed by atoms with Crippen molar-refractivity contribution in [2.45, 2.75) is 45.1 Å². The molecule has 144 valence electrons. The smallest absolute Gasteiger partial charge is 0.225 e. The van der Waals surface area contributed by atoms with E-state index in [4.69, 9.17) is 0 Å². The lowest BCUT2D eigenvalue weighted by atomic mass is 9.99. The summed E-state index contributed by atoms with van der Waals surface area (Å²) in [4.78, 5) is 14.5. The number of benzene rings is 1. The van der Waals surface area contributed by atoms with E-state index in [0.717, 1.165) is 37.5 Å². The highest BCUT2D eigenvalue weighted by atomic mass is 32.2. The molecular formula is C19H29N3O3S. The van der Waals surface area contributed by atoms with E-state index in [1.54, 1.807) is 0 Å². The third-order valence-electron chi connectivity index (χ3n) is 5.24. The Morgan fingerprint density at radius 2 is 1.77 bits per heavy atom. The summed E-state index contributed by atoms with van der Waals surface area (Å²) >= 11 is 0. The second-order valence-corrected chi connectivity index (χ2v) is 9.55. The first-order valence-electron chi connectivity index (χ1n) is 9.44. The summed E-state index contributed by atoms with van der Waals surface area (Å²) in [6.07, 6.45) is 5.61. The van der Waals surface area contributed by atoms with Gasteiger partial charge >= 0.3 is 0 Å². The van der Waals surface area contributed by atoms with Crippen LogP contribution in [0.15, 0.2) is 24.3 Å². The van der Waals surface area contributed by atoms with Gasteiger partial charge < -0.3 is 10.2 Å².